The van der Waals surface area contributed by atoms with Crippen molar-refractivity contribution in [1.29, 1.82) is 0 Å². The molecule has 1 aromatic carbocycles. The van der Waals surface area contributed by atoms with E-state index in [4.69, 9.17) is 10.8 Å². The summed E-state index contributed by atoms with van der Waals surface area (Å²) >= 11 is 0. The van der Waals surface area contributed by atoms with E-state index in [0.717, 1.165) is 17.8 Å². The molecule has 3 nitrogen and oxygen atoms in total. The minimum atomic E-state index is -0.267. The molecule has 1 aromatic rings. The predicted octanol–water partition coefficient (Wildman–Crippen LogP) is 2.44. The van der Waals surface area contributed by atoms with Crippen LogP contribution in [-0.2, 0) is 0 Å². The number of rotatable bonds is 6. The van der Waals surface area contributed by atoms with Crippen LogP contribution in [0.25, 0.3) is 0 Å². The highest BCUT2D eigenvalue weighted by Gasteiger charge is 2.16. The van der Waals surface area contributed by atoms with Crippen LogP contribution in [-0.4, -0.2) is 24.3 Å². The molecule has 0 fully saturated rings. The smallest absolute Gasteiger partial charge is 0.123 e. The molecule has 0 spiro atoms. The molecule has 1 atom stereocenters. The summed E-state index contributed by atoms with van der Waals surface area (Å²) in [6, 6.07) is 4.78. The second kappa shape index (κ2) is 6.71. The van der Waals surface area contributed by atoms with E-state index in [1.54, 1.807) is 6.07 Å². The maximum absolute atomic E-state index is 13.3. The number of halogens is 1. The van der Waals surface area contributed by atoms with Crippen LogP contribution in [0, 0.1) is 5.82 Å². The summed E-state index contributed by atoms with van der Waals surface area (Å²) in [5.74, 6) is -0.267. The maximum atomic E-state index is 13.3. The van der Waals surface area contributed by atoms with E-state index >= 15 is 0 Å². The number of benzene rings is 1. The summed E-state index contributed by atoms with van der Waals surface area (Å²) < 4.78 is 13.3. The molecular formula is C14H23FN2O. The summed E-state index contributed by atoms with van der Waals surface area (Å²) in [6.45, 7) is 6.89. The van der Waals surface area contributed by atoms with Gasteiger partial charge in [0.15, 0.2) is 0 Å². The Bertz CT molecular complexity index is 380. The van der Waals surface area contributed by atoms with E-state index < -0.39 is 0 Å². The van der Waals surface area contributed by atoms with Crippen molar-refractivity contribution in [1.82, 2.24) is 0 Å². The number of hydrogen-bond acceptors (Lipinski definition) is 3. The predicted molar refractivity (Wildman–Crippen MR) is 73.2 cm³/mol. The summed E-state index contributed by atoms with van der Waals surface area (Å²) in [4.78, 5) is 2.15. The Hall–Kier alpha value is -1.13. The number of hydrogen-bond donors (Lipinski definition) is 2. The summed E-state index contributed by atoms with van der Waals surface area (Å²) in [7, 11) is 0. The Kier molecular flexibility index (Phi) is 5.56. The Morgan fingerprint density at radius 1 is 1.33 bits per heavy atom. The molecule has 0 aliphatic rings. The Balaban J connectivity index is 3.10. The van der Waals surface area contributed by atoms with Crippen LogP contribution < -0.4 is 10.6 Å². The lowest BCUT2D eigenvalue weighted by atomic mass is 10.0. The molecule has 0 aromatic heterocycles. The van der Waals surface area contributed by atoms with Crippen LogP contribution in [0.2, 0.25) is 0 Å². The van der Waals surface area contributed by atoms with Gasteiger partial charge in [-0.05, 0) is 51.0 Å². The van der Waals surface area contributed by atoms with Crippen molar-refractivity contribution in [2.24, 2.45) is 5.73 Å². The molecule has 0 saturated carbocycles. The summed E-state index contributed by atoms with van der Waals surface area (Å²) in [5.41, 5.74) is 7.67. The number of nitrogens with zero attached hydrogens (tertiary/aromatic N) is 1. The van der Waals surface area contributed by atoms with Crippen molar-refractivity contribution in [3.8, 4) is 0 Å². The molecule has 0 bridgehead atoms. The zero-order valence-electron chi connectivity index (χ0n) is 11.4. The van der Waals surface area contributed by atoms with E-state index in [2.05, 4.69) is 18.7 Å². The highest BCUT2D eigenvalue weighted by molar-refractivity contribution is 5.55. The topological polar surface area (TPSA) is 49.5 Å². The van der Waals surface area contributed by atoms with Gasteiger partial charge in [0.2, 0.25) is 0 Å². The lowest BCUT2D eigenvalue weighted by Gasteiger charge is -2.31. The first-order chi connectivity index (χ1) is 8.47. The van der Waals surface area contributed by atoms with Crippen molar-refractivity contribution in [3.05, 3.63) is 29.6 Å². The van der Waals surface area contributed by atoms with Gasteiger partial charge < -0.3 is 15.7 Å². The molecule has 3 N–H and O–H groups in total. The first-order valence-corrected chi connectivity index (χ1v) is 6.40. The largest absolute Gasteiger partial charge is 0.396 e. The van der Waals surface area contributed by atoms with Gasteiger partial charge in [-0.2, -0.15) is 0 Å². The van der Waals surface area contributed by atoms with Crippen LogP contribution in [0.5, 0.6) is 0 Å². The fourth-order valence-electron chi connectivity index (χ4n) is 2.05. The molecule has 0 amide bonds. The lowest BCUT2D eigenvalue weighted by molar-refractivity contribution is 0.288. The summed E-state index contributed by atoms with van der Waals surface area (Å²) in [5, 5.41) is 8.96. The van der Waals surface area contributed by atoms with E-state index in [1.165, 1.54) is 12.1 Å². The second-order valence-electron chi connectivity index (χ2n) is 4.86. The third kappa shape index (κ3) is 3.68. The van der Waals surface area contributed by atoms with Gasteiger partial charge >= 0.3 is 0 Å². The van der Waals surface area contributed by atoms with Gasteiger partial charge in [-0.1, -0.05) is 0 Å². The molecular weight excluding hydrogens is 231 g/mol. The third-order valence-corrected chi connectivity index (χ3v) is 2.97. The zero-order chi connectivity index (χ0) is 13.7. The van der Waals surface area contributed by atoms with Crippen molar-refractivity contribution >= 4 is 5.69 Å². The summed E-state index contributed by atoms with van der Waals surface area (Å²) in [6.07, 6.45) is 0.688. The van der Waals surface area contributed by atoms with Crippen LogP contribution in [0.3, 0.4) is 0 Å². The van der Waals surface area contributed by atoms with Gasteiger partial charge in [-0.3, -0.25) is 0 Å². The van der Waals surface area contributed by atoms with Gasteiger partial charge in [-0.15, -0.1) is 0 Å². The fraction of sp³-hybridized carbons (Fsp3) is 0.571. The first-order valence-electron chi connectivity index (χ1n) is 6.40. The second-order valence-corrected chi connectivity index (χ2v) is 4.86. The van der Waals surface area contributed by atoms with Crippen LogP contribution >= 0.6 is 0 Å². The van der Waals surface area contributed by atoms with E-state index in [-0.39, 0.29) is 24.5 Å². The first kappa shape index (κ1) is 14.9. The van der Waals surface area contributed by atoms with Crippen molar-refractivity contribution in [2.75, 3.05) is 18.1 Å². The highest BCUT2D eigenvalue weighted by Crippen LogP contribution is 2.27. The minimum absolute atomic E-state index is 0.151. The van der Waals surface area contributed by atoms with Crippen LogP contribution in [0.15, 0.2) is 18.2 Å². The molecule has 0 radical (unpaired) electrons. The molecule has 0 unspecified atom stereocenters. The van der Waals surface area contributed by atoms with Gasteiger partial charge in [0, 0.05) is 30.9 Å². The van der Waals surface area contributed by atoms with Crippen molar-refractivity contribution < 1.29 is 9.50 Å². The SMILES string of the molecule is CC(C)N(CCCO)c1ccc(F)cc1[C@@H](C)N. The van der Waals surface area contributed by atoms with Crippen LogP contribution in [0.4, 0.5) is 10.1 Å². The fourth-order valence-corrected chi connectivity index (χ4v) is 2.05. The Morgan fingerprint density at radius 3 is 2.50 bits per heavy atom. The zero-order valence-corrected chi connectivity index (χ0v) is 11.4. The standard InChI is InChI=1S/C14H23FN2O/c1-10(2)17(7-4-8-18)14-6-5-12(15)9-13(14)11(3)16/h5-6,9-11,18H,4,7-8,16H2,1-3H3/t11-/m1/s1. The molecule has 0 heterocycles. The van der Waals surface area contributed by atoms with Gasteiger partial charge in [-0.25, -0.2) is 4.39 Å². The van der Waals surface area contributed by atoms with Crippen molar-refractivity contribution in [2.45, 2.75) is 39.3 Å². The monoisotopic (exact) mass is 254 g/mol. The van der Waals surface area contributed by atoms with E-state index in [9.17, 15) is 4.39 Å². The third-order valence-electron chi connectivity index (χ3n) is 2.97. The number of nitrogens with two attached hydrogens (primary N) is 1. The molecule has 0 saturated heterocycles. The number of aliphatic hydroxyl groups is 1. The average Bonchev–Trinajstić information content (AvgIpc) is 2.30. The lowest BCUT2D eigenvalue weighted by Crippen LogP contribution is -2.33. The molecule has 18 heavy (non-hydrogen) atoms. The van der Waals surface area contributed by atoms with Crippen LogP contribution in [0.1, 0.15) is 38.8 Å². The maximum Gasteiger partial charge on any atom is 0.123 e. The van der Waals surface area contributed by atoms with Gasteiger partial charge in [0.1, 0.15) is 5.82 Å². The minimum Gasteiger partial charge on any atom is -0.396 e. The Labute approximate surface area is 108 Å². The van der Waals surface area contributed by atoms with Gasteiger partial charge in [0.05, 0.1) is 0 Å². The normalized spacial score (nSPS) is 12.8. The Morgan fingerprint density at radius 2 is 2.00 bits per heavy atom. The molecule has 4 heteroatoms. The quantitative estimate of drug-likeness (QED) is 0.819. The van der Waals surface area contributed by atoms with E-state index in [0.29, 0.717) is 6.42 Å². The highest BCUT2D eigenvalue weighted by atomic mass is 19.1. The number of anilines is 1. The molecule has 1 rings (SSSR count). The van der Waals surface area contributed by atoms with E-state index in [1.807, 2.05) is 6.92 Å². The number of aliphatic hydroxyl groups excluding tert-OH is 1. The molecule has 0 aliphatic heterocycles. The van der Waals surface area contributed by atoms with Crippen molar-refractivity contribution in [3.63, 3.8) is 0 Å². The molecule has 0 aliphatic carbocycles. The van der Waals surface area contributed by atoms with Gasteiger partial charge in [0.25, 0.3) is 0 Å². The average molecular weight is 254 g/mol. The molecule has 102 valence electrons.